The van der Waals surface area contributed by atoms with Crippen molar-refractivity contribution in [2.45, 2.75) is 38.6 Å². The average molecular weight is 279 g/mol. The first-order chi connectivity index (χ1) is 8.01. The maximum absolute atomic E-state index is 11.2. The summed E-state index contributed by atoms with van der Waals surface area (Å²) in [5.74, 6) is 3.65. The molecule has 5 heteroatoms. The lowest BCUT2D eigenvalue weighted by atomic mass is 9.93. The summed E-state index contributed by atoms with van der Waals surface area (Å²) in [6.45, 7) is 3.01. The van der Waals surface area contributed by atoms with Crippen LogP contribution in [0.5, 0.6) is 0 Å². The third kappa shape index (κ3) is 7.32. The zero-order valence-electron chi connectivity index (χ0n) is 10.9. The zero-order chi connectivity index (χ0) is 12.7. The number of sulfone groups is 1. The maximum atomic E-state index is 11.2. The molecule has 0 aromatic rings. The Hall–Kier alpha value is 0.260. The number of rotatable bonds is 7. The Kier molecular flexibility index (Phi) is 6.89. The first kappa shape index (κ1) is 15.3. The van der Waals surface area contributed by atoms with Crippen LogP contribution in [0.3, 0.4) is 0 Å². The van der Waals surface area contributed by atoms with Gasteiger partial charge in [0.15, 0.2) is 0 Å². The topological polar surface area (TPSA) is 46.2 Å². The summed E-state index contributed by atoms with van der Waals surface area (Å²) >= 11 is 2.04. The van der Waals surface area contributed by atoms with E-state index in [1.807, 2.05) is 11.8 Å². The molecule has 3 nitrogen and oxygen atoms in total. The molecule has 0 spiro atoms. The number of hydrogen-bond acceptors (Lipinski definition) is 4. The molecule has 1 atom stereocenters. The molecule has 1 heterocycles. The predicted octanol–water partition coefficient (Wildman–Crippen LogP) is 1.93. The van der Waals surface area contributed by atoms with E-state index >= 15 is 0 Å². The van der Waals surface area contributed by atoms with Gasteiger partial charge in [0, 0.05) is 12.3 Å². The summed E-state index contributed by atoms with van der Waals surface area (Å²) < 4.78 is 22.4. The molecule has 102 valence electrons. The van der Waals surface area contributed by atoms with Crippen LogP contribution in [-0.2, 0) is 9.84 Å². The highest BCUT2D eigenvalue weighted by atomic mass is 32.2. The fourth-order valence-electron chi connectivity index (χ4n) is 2.33. The van der Waals surface area contributed by atoms with Gasteiger partial charge in [-0.3, -0.25) is 0 Å². The van der Waals surface area contributed by atoms with Gasteiger partial charge in [-0.05, 0) is 49.7 Å². The van der Waals surface area contributed by atoms with E-state index in [1.165, 1.54) is 30.6 Å². The Morgan fingerprint density at radius 2 is 2.00 bits per heavy atom. The molecule has 1 N–H and O–H groups in total. The van der Waals surface area contributed by atoms with Crippen molar-refractivity contribution in [2.75, 3.05) is 30.1 Å². The maximum Gasteiger partial charge on any atom is 0.147 e. The summed E-state index contributed by atoms with van der Waals surface area (Å²) in [6.07, 6.45) is 5.82. The molecule has 0 aliphatic carbocycles. The molecule has 0 amide bonds. The van der Waals surface area contributed by atoms with Gasteiger partial charge in [-0.25, -0.2) is 8.42 Å². The number of hydrogen-bond donors (Lipinski definition) is 1. The molecule has 1 unspecified atom stereocenters. The van der Waals surface area contributed by atoms with Gasteiger partial charge in [-0.2, -0.15) is 11.8 Å². The average Bonchev–Trinajstić information content (AvgIpc) is 2.27. The van der Waals surface area contributed by atoms with E-state index in [0.717, 1.165) is 25.3 Å². The van der Waals surface area contributed by atoms with Crippen LogP contribution in [0.1, 0.15) is 32.6 Å². The molecule has 17 heavy (non-hydrogen) atoms. The van der Waals surface area contributed by atoms with Gasteiger partial charge in [-0.15, -0.1) is 0 Å². The molecule has 0 radical (unpaired) electrons. The lowest BCUT2D eigenvalue weighted by Crippen LogP contribution is -2.33. The van der Waals surface area contributed by atoms with Crippen LogP contribution in [0.4, 0.5) is 0 Å². The van der Waals surface area contributed by atoms with E-state index in [2.05, 4.69) is 12.2 Å². The molecule has 0 saturated carbocycles. The Morgan fingerprint density at radius 3 is 2.53 bits per heavy atom. The number of nitrogens with one attached hydrogen (secondary N) is 1. The molecular formula is C12H25NO2S2. The third-order valence-electron chi connectivity index (χ3n) is 3.29. The molecule has 1 aliphatic heterocycles. The van der Waals surface area contributed by atoms with Crippen molar-refractivity contribution in [1.82, 2.24) is 5.32 Å². The molecular weight excluding hydrogens is 254 g/mol. The molecule has 0 aromatic carbocycles. The van der Waals surface area contributed by atoms with Crippen molar-refractivity contribution in [2.24, 2.45) is 5.92 Å². The normalized spacial score (nSPS) is 20.4. The van der Waals surface area contributed by atoms with Crippen LogP contribution in [0.25, 0.3) is 0 Å². The highest BCUT2D eigenvalue weighted by Gasteiger charge is 2.19. The van der Waals surface area contributed by atoms with Crippen molar-refractivity contribution in [3.05, 3.63) is 0 Å². The lowest BCUT2D eigenvalue weighted by molar-refractivity contribution is 0.362. The largest absolute Gasteiger partial charge is 0.314 e. The minimum absolute atomic E-state index is 0.312. The Bertz CT molecular complexity index is 298. The van der Waals surface area contributed by atoms with Gasteiger partial charge < -0.3 is 5.32 Å². The fraction of sp³-hybridized carbons (Fsp3) is 1.00. The smallest absolute Gasteiger partial charge is 0.147 e. The lowest BCUT2D eigenvalue weighted by Gasteiger charge is -2.26. The van der Waals surface area contributed by atoms with Crippen LogP contribution in [0.2, 0.25) is 0 Å². The molecule has 1 rings (SSSR count). The van der Waals surface area contributed by atoms with E-state index in [1.54, 1.807) is 0 Å². The first-order valence-corrected chi connectivity index (χ1v) is 9.71. The van der Waals surface area contributed by atoms with Crippen LogP contribution < -0.4 is 5.32 Å². The third-order valence-corrected chi connectivity index (χ3v) is 5.31. The Morgan fingerprint density at radius 1 is 1.35 bits per heavy atom. The van der Waals surface area contributed by atoms with Crippen molar-refractivity contribution in [3.63, 3.8) is 0 Å². The van der Waals surface area contributed by atoms with Gasteiger partial charge in [0.2, 0.25) is 0 Å². The second-order valence-corrected chi connectivity index (χ2v) is 8.45. The fourth-order valence-corrected chi connectivity index (χ4v) is 4.25. The summed E-state index contributed by atoms with van der Waals surface area (Å²) in [6, 6.07) is 0.378. The summed E-state index contributed by atoms with van der Waals surface area (Å²) in [5.41, 5.74) is 0. The summed E-state index contributed by atoms with van der Waals surface area (Å²) in [7, 11) is -2.82. The number of thioether (sulfide) groups is 1. The standard InChI is InChI=1S/C12H25NO2S2/c1-3-13-12(6-9-17(2,14)15)10-11-4-7-16-8-5-11/h11-13H,3-10H2,1-2H3. The van der Waals surface area contributed by atoms with E-state index in [-0.39, 0.29) is 0 Å². The van der Waals surface area contributed by atoms with Gasteiger partial charge >= 0.3 is 0 Å². The van der Waals surface area contributed by atoms with Crippen LogP contribution >= 0.6 is 11.8 Å². The molecule has 0 bridgehead atoms. The quantitative estimate of drug-likeness (QED) is 0.773. The highest BCUT2D eigenvalue weighted by molar-refractivity contribution is 7.99. The highest BCUT2D eigenvalue weighted by Crippen LogP contribution is 2.27. The van der Waals surface area contributed by atoms with Gasteiger partial charge in [0.05, 0.1) is 5.75 Å². The minimum Gasteiger partial charge on any atom is -0.314 e. The predicted molar refractivity (Wildman–Crippen MR) is 76.5 cm³/mol. The second kappa shape index (κ2) is 7.64. The second-order valence-electron chi connectivity index (χ2n) is 4.96. The van der Waals surface area contributed by atoms with Crippen LogP contribution in [0, 0.1) is 5.92 Å². The van der Waals surface area contributed by atoms with Crippen molar-refractivity contribution in [3.8, 4) is 0 Å². The van der Waals surface area contributed by atoms with Crippen LogP contribution in [0.15, 0.2) is 0 Å². The van der Waals surface area contributed by atoms with Crippen molar-refractivity contribution >= 4 is 21.6 Å². The molecule has 1 fully saturated rings. The van der Waals surface area contributed by atoms with E-state index in [0.29, 0.717) is 11.8 Å². The van der Waals surface area contributed by atoms with E-state index < -0.39 is 9.84 Å². The molecule has 0 aromatic heterocycles. The SMILES string of the molecule is CCNC(CCS(C)(=O)=O)CC1CCSCC1. The van der Waals surface area contributed by atoms with Gasteiger partial charge in [0.25, 0.3) is 0 Å². The molecule has 1 aliphatic rings. The van der Waals surface area contributed by atoms with E-state index in [4.69, 9.17) is 0 Å². The Labute approximate surface area is 110 Å². The first-order valence-electron chi connectivity index (χ1n) is 6.50. The summed E-state index contributed by atoms with van der Waals surface area (Å²) in [4.78, 5) is 0. The van der Waals surface area contributed by atoms with Gasteiger partial charge in [-0.1, -0.05) is 6.92 Å². The van der Waals surface area contributed by atoms with Crippen molar-refractivity contribution in [1.29, 1.82) is 0 Å². The zero-order valence-corrected chi connectivity index (χ0v) is 12.6. The Balaban J connectivity index is 2.36. The monoisotopic (exact) mass is 279 g/mol. The molecule has 1 saturated heterocycles. The minimum atomic E-state index is -2.82. The summed E-state index contributed by atoms with van der Waals surface area (Å²) in [5, 5.41) is 3.43. The van der Waals surface area contributed by atoms with Gasteiger partial charge in [0.1, 0.15) is 9.84 Å². The van der Waals surface area contributed by atoms with E-state index in [9.17, 15) is 8.42 Å². The van der Waals surface area contributed by atoms with Crippen molar-refractivity contribution < 1.29 is 8.42 Å². The van der Waals surface area contributed by atoms with Crippen LogP contribution in [-0.4, -0.2) is 44.5 Å².